The van der Waals surface area contributed by atoms with Crippen LogP contribution in [0.1, 0.15) is 19.8 Å². The summed E-state index contributed by atoms with van der Waals surface area (Å²) in [5.74, 6) is -0.293. The molecule has 0 aromatic carbocycles. The summed E-state index contributed by atoms with van der Waals surface area (Å²) in [5, 5.41) is 4.26. The van der Waals surface area contributed by atoms with Gasteiger partial charge in [-0.2, -0.15) is 0 Å². The van der Waals surface area contributed by atoms with Crippen LogP contribution < -0.4 is 11.1 Å². The highest BCUT2D eigenvalue weighted by Crippen LogP contribution is 2.15. The smallest absolute Gasteiger partial charge is 0.221 e. The van der Waals surface area contributed by atoms with E-state index in [4.69, 9.17) is 5.73 Å². The lowest BCUT2D eigenvalue weighted by molar-refractivity contribution is -0.122. The minimum atomic E-state index is -0.226. The fourth-order valence-electron chi connectivity index (χ4n) is 1.25. The molecule has 57 valence electrons. The first-order chi connectivity index (χ1) is 4.72. The average molecular weight is 141 g/mol. The van der Waals surface area contributed by atoms with Crippen LogP contribution in [0.4, 0.5) is 0 Å². The molecule has 3 nitrogen and oxygen atoms in total. The Bertz CT molecular complexity index is 130. The number of carbonyl (C=O) groups is 1. The van der Waals surface area contributed by atoms with Gasteiger partial charge in [-0.3, -0.25) is 4.79 Å². The van der Waals surface area contributed by atoms with Crippen molar-refractivity contribution < 1.29 is 4.79 Å². The molecule has 1 radical (unpaired) electrons. The van der Waals surface area contributed by atoms with E-state index in [-0.39, 0.29) is 17.9 Å². The number of nitrogens with zero attached hydrogens (tertiary/aromatic N) is 1. The number of nitrogens with two attached hydrogens (primary N) is 1. The highest BCUT2D eigenvalue weighted by molar-refractivity contribution is 5.77. The van der Waals surface area contributed by atoms with Gasteiger partial charge < -0.3 is 5.73 Å². The molecule has 0 aromatic rings. The van der Waals surface area contributed by atoms with E-state index in [1.54, 1.807) is 0 Å². The molecule has 1 amide bonds. The molecule has 1 fully saturated rings. The van der Waals surface area contributed by atoms with Crippen LogP contribution in [0.5, 0.6) is 0 Å². The molecule has 0 saturated carbocycles. The number of carbonyl (C=O) groups excluding carboxylic acids is 1. The fourth-order valence-corrected chi connectivity index (χ4v) is 1.25. The number of hydrogen-bond acceptors (Lipinski definition) is 1. The van der Waals surface area contributed by atoms with Gasteiger partial charge in [0.2, 0.25) is 5.91 Å². The van der Waals surface area contributed by atoms with Crippen LogP contribution >= 0.6 is 0 Å². The summed E-state index contributed by atoms with van der Waals surface area (Å²) < 4.78 is 0. The standard InChI is InChI=1S/C7H13N2O/c1-5(7(8)10)6-3-2-4-9-6/h5-6H,2-4H2,1H3,(H2,8,10). The van der Waals surface area contributed by atoms with E-state index in [0.29, 0.717) is 0 Å². The normalized spacial score (nSPS) is 28.3. The molecular weight excluding hydrogens is 128 g/mol. The third kappa shape index (κ3) is 1.48. The van der Waals surface area contributed by atoms with Crippen molar-refractivity contribution in [3.05, 3.63) is 0 Å². The third-order valence-electron chi connectivity index (χ3n) is 2.05. The highest BCUT2D eigenvalue weighted by atomic mass is 16.1. The SMILES string of the molecule is CC(C(N)=O)C1CCC[N]1. The van der Waals surface area contributed by atoms with Crippen molar-refractivity contribution in [2.45, 2.75) is 25.8 Å². The molecule has 3 heteroatoms. The summed E-state index contributed by atoms with van der Waals surface area (Å²) in [6.45, 7) is 2.75. The van der Waals surface area contributed by atoms with Crippen molar-refractivity contribution in [2.24, 2.45) is 11.7 Å². The molecule has 1 rings (SSSR count). The van der Waals surface area contributed by atoms with E-state index in [0.717, 1.165) is 19.4 Å². The Kier molecular flexibility index (Phi) is 2.27. The maximum atomic E-state index is 10.6. The van der Waals surface area contributed by atoms with Crippen molar-refractivity contribution in [1.29, 1.82) is 0 Å². The van der Waals surface area contributed by atoms with E-state index in [1.165, 1.54) is 0 Å². The predicted octanol–water partition coefficient (Wildman–Crippen LogP) is -0.125. The Hall–Kier alpha value is -0.570. The van der Waals surface area contributed by atoms with E-state index in [2.05, 4.69) is 5.32 Å². The maximum absolute atomic E-state index is 10.6. The van der Waals surface area contributed by atoms with Crippen LogP contribution in [0.15, 0.2) is 0 Å². The first-order valence-corrected chi connectivity index (χ1v) is 3.67. The zero-order chi connectivity index (χ0) is 7.56. The van der Waals surface area contributed by atoms with Crippen molar-refractivity contribution >= 4 is 5.91 Å². The lowest BCUT2D eigenvalue weighted by Crippen LogP contribution is -2.33. The summed E-state index contributed by atoms with van der Waals surface area (Å²) in [6, 6.07) is 0.206. The largest absolute Gasteiger partial charge is 0.369 e. The van der Waals surface area contributed by atoms with Crippen LogP contribution in [0, 0.1) is 5.92 Å². The van der Waals surface area contributed by atoms with Gasteiger partial charge in [-0.25, -0.2) is 5.32 Å². The second-order valence-electron chi connectivity index (χ2n) is 2.81. The van der Waals surface area contributed by atoms with Gasteiger partial charge in [-0.15, -0.1) is 0 Å². The molecule has 2 N–H and O–H groups in total. The van der Waals surface area contributed by atoms with Gasteiger partial charge in [-0.1, -0.05) is 6.92 Å². The zero-order valence-corrected chi connectivity index (χ0v) is 6.21. The van der Waals surface area contributed by atoms with Gasteiger partial charge in [-0.05, 0) is 12.8 Å². The van der Waals surface area contributed by atoms with Gasteiger partial charge in [0.1, 0.15) is 0 Å². The van der Waals surface area contributed by atoms with Gasteiger partial charge >= 0.3 is 0 Å². The summed E-state index contributed by atoms with van der Waals surface area (Å²) >= 11 is 0. The minimum absolute atomic E-state index is 0.0671. The molecule has 1 aliphatic heterocycles. The minimum Gasteiger partial charge on any atom is -0.369 e. The summed E-state index contributed by atoms with van der Waals surface area (Å²) in [4.78, 5) is 10.6. The number of hydrogen-bond donors (Lipinski definition) is 1. The van der Waals surface area contributed by atoms with Gasteiger partial charge in [0.15, 0.2) is 0 Å². The topological polar surface area (TPSA) is 57.2 Å². The zero-order valence-electron chi connectivity index (χ0n) is 6.21. The van der Waals surface area contributed by atoms with E-state index in [1.807, 2.05) is 6.92 Å². The molecule has 1 aliphatic rings. The quantitative estimate of drug-likeness (QED) is 0.572. The molecule has 0 spiro atoms. The Morgan fingerprint density at radius 1 is 1.80 bits per heavy atom. The van der Waals surface area contributed by atoms with Crippen molar-refractivity contribution in [2.75, 3.05) is 6.54 Å². The third-order valence-corrected chi connectivity index (χ3v) is 2.05. The van der Waals surface area contributed by atoms with Crippen LogP contribution in [-0.2, 0) is 4.79 Å². The number of rotatable bonds is 2. The maximum Gasteiger partial charge on any atom is 0.221 e. The monoisotopic (exact) mass is 141 g/mol. The summed E-state index contributed by atoms with van der Waals surface area (Å²) in [6.07, 6.45) is 2.15. The van der Waals surface area contributed by atoms with Crippen molar-refractivity contribution in [1.82, 2.24) is 5.32 Å². The number of primary amides is 1. The molecule has 2 atom stereocenters. The first-order valence-electron chi connectivity index (χ1n) is 3.67. The molecule has 1 heterocycles. The second-order valence-corrected chi connectivity index (χ2v) is 2.81. The van der Waals surface area contributed by atoms with Gasteiger partial charge in [0.05, 0.1) is 5.92 Å². The van der Waals surface area contributed by atoms with Crippen molar-refractivity contribution in [3.63, 3.8) is 0 Å². The fraction of sp³-hybridized carbons (Fsp3) is 0.857. The summed E-state index contributed by atoms with van der Waals surface area (Å²) in [7, 11) is 0. The van der Waals surface area contributed by atoms with E-state index < -0.39 is 0 Å². The molecule has 10 heavy (non-hydrogen) atoms. The first kappa shape index (κ1) is 7.54. The summed E-state index contributed by atoms with van der Waals surface area (Å²) in [5.41, 5.74) is 5.12. The Labute approximate surface area is 61.0 Å². The number of amides is 1. The lowest BCUT2D eigenvalue weighted by Gasteiger charge is -2.13. The molecule has 2 unspecified atom stereocenters. The lowest BCUT2D eigenvalue weighted by atomic mass is 10.0. The molecule has 0 aliphatic carbocycles. The molecule has 1 saturated heterocycles. The van der Waals surface area contributed by atoms with Crippen LogP contribution in [0.3, 0.4) is 0 Å². The van der Waals surface area contributed by atoms with Crippen LogP contribution in [0.2, 0.25) is 0 Å². The van der Waals surface area contributed by atoms with Crippen LogP contribution in [-0.4, -0.2) is 18.5 Å². The highest BCUT2D eigenvalue weighted by Gasteiger charge is 2.25. The van der Waals surface area contributed by atoms with Gasteiger partial charge in [0, 0.05) is 12.6 Å². The average Bonchev–Trinajstić information content (AvgIpc) is 2.36. The molecule has 0 bridgehead atoms. The Morgan fingerprint density at radius 3 is 2.90 bits per heavy atom. The Morgan fingerprint density at radius 2 is 2.50 bits per heavy atom. The molecular formula is C7H13N2O. The Balaban J connectivity index is 2.39. The second kappa shape index (κ2) is 3.01. The molecule has 0 aromatic heterocycles. The van der Waals surface area contributed by atoms with E-state index in [9.17, 15) is 4.79 Å². The van der Waals surface area contributed by atoms with Crippen LogP contribution in [0.25, 0.3) is 0 Å². The van der Waals surface area contributed by atoms with E-state index >= 15 is 0 Å². The van der Waals surface area contributed by atoms with Gasteiger partial charge in [0.25, 0.3) is 0 Å². The van der Waals surface area contributed by atoms with Crippen molar-refractivity contribution in [3.8, 4) is 0 Å². The predicted molar refractivity (Wildman–Crippen MR) is 38.4 cm³/mol.